The van der Waals surface area contributed by atoms with Crippen LogP contribution < -0.4 is 0 Å². The normalized spacial score (nSPS) is 51.1. The molecule has 3 aliphatic carbocycles. The van der Waals surface area contributed by atoms with Gasteiger partial charge in [0.15, 0.2) is 0 Å². The highest BCUT2D eigenvalue weighted by Crippen LogP contribution is 2.57. The Bertz CT molecular complexity index is 303. The van der Waals surface area contributed by atoms with Gasteiger partial charge < -0.3 is 4.90 Å². The van der Waals surface area contributed by atoms with Gasteiger partial charge in [-0.1, -0.05) is 18.6 Å². The number of piperidine rings is 1. The smallest absolute Gasteiger partial charge is 0.0129 e. The van der Waals surface area contributed by atoms with Crippen molar-refractivity contribution in [3.05, 3.63) is 12.2 Å². The fourth-order valence-electron chi connectivity index (χ4n) is 5.19. The highest BCUT2D eigenvalue weighted by molar-refractivity contribution is 5.15. The van der Waals surface area contributed by atoms with Crippen LogP contribution in [0.5, 0.6) is 0 Å². The monoisotopic (exact) mass is 217 g/mol. The molecule has 5 atom stereocenters. The van der Waals surface area contributed by atoms with Crippen molar-refractivity contribution in [1.82, 2.24) is 4.90 Å². The van der Waals surface area contributed by atoms with Crippen molar-refractivity contribution < 1.29 is 0 Å². The molecule has 0 aromatic rings. The van der Waals surface area contributed by atoms with Gasteiger partial charge in [-0.25, -0.2) is 0 Å². The van der Waals surface area contributed by atoms with Crippen molar-refractivity contribution in [1.29, 1.82) is 0 Å². The predicted octanol–water partition coefficient (Wildman–Crippen LogP) is 3.07. The molecule has 0 spiro atoms. The highest BCUT2D eigenvalue weighted by atomic mass is 15.2. The average Bonchev–Trinajstić information content (AvgIpc) is 3.02. The molecule has 1 aliphatic heterocycles. The first-order valence-corrected chi connectivity index (χ1v) is 7.34. The summed E-state index contributed by atoms with van der Waals surface area (Å²) in [5.74, 6) is 4.15. The van der Waals surface area contributed by atoms with Crippen LogP contribution in [-0.4, -0.2) is 24.0 Å². The molecule has 1 saturated heterocycles. The van der Waals surface area contributed by atoms with Gasteiger partial charge in [-0.05, 0) is 68.9 Å². The Morgan fingerprint density at radius 3 is 2.69 bits per heavy atom. The zero-order valence-corrected chi connectivity index (χ0v) is 10.1. The lowest BCUT2D eigenvalue weighted by molar-refractivity contribution is 0.0833. The summed E-state index contributed by atoms with van der Waals surface area (Å²) >= 11 is 0. The third-order valence-electron chi connectivity index (χ3n) is 5.83. The van der Waals surface area contributed by atoms with Gasteiger partial charge in [0.2, 0.25) is 0 Å². The standard InChI is InChI=1S/C15H23N/c1-2-7-16(8-3-1)15-10-11-9-14(15)13-6-4-5-12(11)13/h4-5,11-15H,1-3,6-10H2. The van der Waals surface area contributed by atoms with Crippen molar-refractivity contribution in [2.75, 3.05) is 13.1 Å². The molecule has 1 nitrogen and oxygen atoms in total. The third-order valence-corrected chi connectivity index (χ3v) is 5.83. The van der Waals surface area contributed by atoms with Crippen LogP contribution in [0, 0.1) is 23.7 Å². The van der Waals surface area contributed by atoms with Crippen molar-refractivity contribution in [2.45, 2.75) is 44.6 Å². The Labute approximate surface area is 98.9 Å². The van der Waals surface area contributed by atoms with Crippen molar-refractivity contribution in [2.24, 2.45) is 23.7 Å². The number of fused-ring (bicyclic) bond motifs is 5. The number of hydrogen-bond donors (Lipinski definition) is 0. The second-order valence-electron chi connectivity index (χ2n) is 6.46. The molecule has 4 aliphatic rings. The molecule has 0 aromatic heterocycles. The molecule has 1 heteroatoms. The van der Waals surface area contributed by atoms with Crippen LogP contribution in [0.15, 0.2) is 12.2 Å². The zero-order valence-electron chi connectivity index (χ0n) is 10.1. The Morgan fingerprint density at radius 2 is 1.81 bits per heavy atom. The van der Waals surface area contributed by atoms with Gasteiger partial charge in [-0.2, -0.15) is 0 Å². The number of rotatable bonds is 1. The summed E-state index contributed by atoms with van der Waals surface area (Å²) in [6.45, 7) is 2.80. The van der Waals surface area contributed by atoms with Crippen molar-refractivity contribution in [3.63, 3.8) is 0 Å². The average molecular weight is 217 g/mol. The van der Waals surface area contributed by atoms with Crippen LogP contribution in [0.4, 0.5) is 0 Å². The summed E-state index contributed by atoms with van der Waals surface area (Å²) < 4.78 is 0. The first-order chi connectivity index (χ1) is 7.93. The molecule has 0 N–H and O–H groups in total. The van der Waals surface area contributed by atoms with Gasteiger partial charge >= 0.3 is 0 Å². The van der Waals surface area contributed by atoms with Crippen LogP contribution in [0.1, 0.15) is 38.5 Å². The van der Waals surface area contributed by atoms with Crippen LogP contribution in [0.2, 0.25) is 0 Å². The number of allylic oxidation sites excluding steroid dienone is 2. The Balaban J connectivity index is 1.52. The van der Waals surface area contributed by atoms with E-state index in [4.69, 9.17) is 0 Å². The number of hydrogen-bond acceptors (Lipinski definition) is 1. The van der Waals surface area contributed by atoms with Gasteiger partial charge in [0.05, 0.1) is 0 Å². The first-order valence-electron chi connectivity index (χ1n) is 7.34. The Kier molecular flexibility index (Phi) is 2.18. The molecule has 2 saturated carbocycles. The molecular formula is C15H23N. The minimum atomic E-state index is 0.978. The first kappa shape index (κ1) is 9.70. The zero-order chi connectivity index (χ0) is 10.5. The lowest BCUT2D eigenvalue weighted by atomic mass is 9.78. The van der Waals surface area contributed by atoms with E-state index < -0.39 is 0 Å². The Hall–Kier alpha value is -0.300. The highest BCUT2D eigenvalue weighted by Gasteiger charge is 2.53. The molecule has 16 heavy (non-hydrogen) atoms. The predicted molar refractivity (Wildman–Crippen MR) is 66.2 cm³/mol. The lowest BCUT2D eigenvalue weighted by Crippen LogP contribution is -2.45. The molecule has 4 rings (SSSR count). The second kappa shape index (κ2) is 3.60. The van der Waals surface area contributed by atoms with Gasteiger partial charge in [0, 0.05) is 6.04 Å². The fourth-order valence-corrected chi connectivity index (χ4v) is 5.19. The molecule has 0 radical (unpaired) electrons. The molecule has 2 bridgehead atoms. The summed E-state index contributed by atoms with van der Waals surface area (Å²) in [5.41, 5.74) is 0. The third kappa shape index (κ3) is 1.27. The summed E-state index contributed by atoms with van der Waals surface area (Å²) in [5, 5.41) is 0. The number of likely N-dealkylation sites (tertiary alicyclic amines) is 1. The molecule has 0 aromatic carbocycles. The summed E-state index contributed by atoms with van der Waals surface area (Å²) in [7, 11) is 0. The van der Waals surface area contributed by atoms with Crippen LogP contribution in [0.3, 0.4) is 0 Å². The van der Waals surface area contributed by atoms with Crippen molar-refractivity contribution >= 4 is 0 Å². The van der Waals surface area contributed by atoms with Crippen LogP contribution in [0.25, 0.3) is 0 Å². The van der Waals surface area contributed by atoms with E-state index in [1.54, 1.807) is 6.42 Å². The van der Waals surface area contributed by atoms with Gasteiger partial charge in [-0.15, -0.1) is 0 Å². The summed E-state index contributed by atoms with van der Waals surface area (Å²) in [4.78, 5) is 2.85. The van der Waals surface area contributed by atoms with E-state index in [0.717, 1.165) is 29.7 Å². The maximum Gasteiger partial charge on any atom is 0.0129 e. The minimum Gasteiger partial charge on any atom is -0.300 e. The van der Waals surface area contributed by atoms with E-state index in [9.17, 15) is 0 Å². The topological polar surface area (TPSA) is 3.24 Å². The maximum absolute atomic E-state index is 2.85. The SMILES string of the molecule is C1=CC2C3CC(C2C1)C(N1CCCCC1)C3. The number of nitrogens with zero attached hydrogens (tertiary/aromatic N) is 1. The molecule has 3 fully saturated rings. The quantitative estimate of drug-likeness (QED) is 0.610. The minimum absolute atomic E-state index is 0.978. The second-order valence-corrected chi connectivity index (χ2v) is 6.46. The van der Waals surface area contributed by atoms with Crippen LogP contribution >= 0.6 is 0 Å². The van der Waals surface area contributed by atoms with Gasteiger partial charge in [0.1, 0.15) is 0 Å². The van der Waals surface area contributed by atoms with E-state index in [1.165, 1.54) is 45.2 Å². The van der Waals surface area contributed by atoms with Crippen LogP contribution in [-0.2, 0) is 0 Å². The van der Waals surface area contributed by atoms with E-state index in [0.29, 0.717) is 0 Å². The molecule has 1 heterocycles. The van der Waals surface area contributed by atoms with Gasteiger partial charge in [-0.3, -0.25) is 0 Å². The van der Waals surface area contributed by atoms with Gasteiger partial charge in [0.25, 0.3) is 0 Å². The maximum atomic E-state index is 2.85. The lowest BCUT2D eigenvalue weighted by Gasteiger charge is -2.40. The molecule has 5 unspecified atom stereocenters. The van der Waals surface area contributed by atoms with E-state index in [-0.39, 0.29) is 0 Å². The summed E-state index contributed by atoms with van der Waals surface area (Å²) in [6, 6.07) is 0.978. The van der Waals surface area contributed by atoms with E-state index in [2.05, 4.69) is 17.1 Å². The van der Waals surface area contributed by atoms with E-state index in [1.807, 2.05) is 0 Å². The Morgan fingerprint density at radius 1 is 0.938 bits per heavy atom. The fraction of sp³-hybridized carbons (Fsp3) is 0.867. The largest absolute Gasteiger partial charge is 0.300 e. The molecule has 0 amide bonds. The van der Waals surface area contributed by atoms with Crippen molar-refractivity contribution in [3.8, 4) is 0 Å². The molecule has 88 valence electrons. The molecular weight excluding hydrogens is 194 g/mol. The summed E-state index contributed by atoms with van der Waals surface area (Å²) in [6.07, 6.45) is 13.9. The van der Waals surface area contributed by atoms with E-state index >= 15 is 0 Å².